The fourth-order valence-electron chi connectivity index (χ4n) is 2.46. The van der Waals surface area contributed by atoms with Crippen LogP contribution in [0.5, 0.6) is 0 Å². The van der Waals surface area contributed by atoms with Crippen molar-refractivity contribution in [3.05, 3.63) is 42.1 Å². The molecule has 0 N–H and O–H groups in total. The van der Waals surface area contributed by atoms with Crippen molar-refractivity contribution in [2.75, 3.05) is 6.61 Å². The predicted molar refractivity (Wildman–Crippen MR) is 74.2 cm³/mol. The summed E-state index contributed by atoms with van der Waals surface area (Å²) in [4.78, 5) is 17.0. The van der Waals surface area contributed by atoms with Crippen molar-refractivity contribution in [2.24, 2.45) is 5.92 Å². The number of hydrogen-bond acceptors (Lipinski definition) is 3. The smallest absolute Gasteiger partial charge is 0.194 e. The van der Waals surface area contributed by atoms with E-state index in [4.69, 9.17) is 4.74 Å². The van der Waals surface area contributed by atoms with Crippen LogP contribution in [-0.2, 0) is 4.74 Å². The highest BCUT2D eigenvalue weighted by atomic mass is 16.5. The summed E-state index contributed by atoms with van der Waals surface area (Å²) in [6.45, 7) is 2.51. The zero-order valence-electron chi connectivity index (χ0n) is 11.0. The maximum atomic E-state index is 12.7. The summed E-state index contributed by atoms with van der Waals surface area (Å²) in [6.07, 6.45) is 3.62. The summed E-state index contributed by atoms with van der Waals surface area (Å²) in [5.41, 5.74) is 1.46. The number of pyridine rings is 1. The zero-order chi connectivity index (χ0) is 13.2. The molecule has 98 valence electrons. The van der Waals surface area contributed by atoms with Gasteiger partial charge in [0.15, 0.2) is 5.78 Å². The molecule has 1 atom stereocenters. The molecule has 0 radical (unpaired) electrons. The van der Waals surface area contributed by atoms with Gasteiger partial charge < -0.3 is 4.74 Å². The Hall–Kier alpha value is -1.74. The van der Waals surface area contributed by atoms with Crippen molar-refractivity contribution < 1.29 is 9.53 Å². The van der Waals surface area contributed by atoms with Gasteiger partial charge in [-0.1, -0.05) is 18.2 Å². The van der Waals surface area contributed by atoms with Crippen LogP contribution >= 0.6 is 0 Å². The van der Waals surface area contributed by atoms with Crippen molar-refractivity contribution in [3.63, 3.8) is 0 Å². The molecular weight excluding hydrogens is 238 g/mol. The number of aromatic nitrogens is 1. The first kappa shape index (κ1) is 12.3. The topological polar surface area (TPSA) is 39.2 Å². The number of carbonyl (C=O) groups is 1. The lowest BCUT2D eigenvalue weighted by atomic mass is 10.00. The van der Waals surface area contributed by atoms with Crippen LogP contribution in [-0.4, -0.2) is 23.5 Å². The fourth-order valence-corrected chi connectivity index (χ4v) is 2.46. The Morgan fingerprint density at radius 3 is 2.89 bits per heavy atom. The third-order valence-corrected chi connectivity index (χ3v) is 3.55. The number of para-hydroxylation sites is 1. The molecule has 0 amide bonds. The largest absolute Gasteiger partial charge is 0.370 e. The molecule has 1 aromatic carbocycles. The SMILES string of the molecule is CCOC(C(=O)c1cccc2cccnc12)C1CC1. The maximum absolute atomic E-state index is 12.7. The first-order valence-corrected chi connectivity index (χ1v) is 6.81. The van der Waals surface area contributed by atoms with Crippen molar-refractivity contribution in [3.8, 4) is 0 Å². The van der Waals surface area contributed by atoms with E-state index in [0.717, 1.165) is 23.7 Å². The minimum Gasteiger partial charge on any atom is -0.370 e. The van der Waals surface area contributed by atoms with Gasteiger partial charge in [0.05, 0.1) is 5.52 Å². The van der Waals surface area contributed by atoms with Gasteiger partial charge in [-0.3, -0.25) is 9.78 Å². The number of ketones is 1. The molecule has 3 heteroatoms. The van der Waals surface area contributed by atoms with E-state index in [-0.39, 0.29) is 11.9 Å². The first-order chi connectivity index (χ1) is 9.31. The van der Waals surface area contributed by atoms with E-state index in [9.17, 15) is 4.79 Å². The van der Waals surface area contributed by atoms with E-state index in [1.165, 1.54) is 0 Å². The van der Waals surface area contributed by atoms with Crippen molar-refractivity contribution in [2.45, 2.75) is 25.9 Å². The number of carbonyl (C=O) groups excluding carboxylic acids is 1. The quantitative estimate of drug-likeness (QED) is 0.770. The summed E-state index contributed by atoms with van der Waals surface area (Å²) < 4.78 is 5.65. The number of ether oxygens (including phenoxy) is 1. The summed E-state index contributed by atoms with van der Waals surface area (Å²) in [5, 5.41) is 0.999. The molecule has 0 saturated heterocycles. The lowest BCUT2D eigenvalue weighted by molar-refractivity contribution is 0.0376. The average Bonchev–Trinajstić information content (AvgIpc) is 3.28. The van der Waals surface area contributed by atoms with E-state index in [1.807, 2.05) is 37.3 Å². The van der Waals surface area contributed by atoms with Crippen LogP contribution in [0.2, 0.25) is 0 Å². The molecule has 1 saturated carbocycles. The highest BCUT2D eigenvalue weighted by Gasteiger charge is 2.37. The molecule has 1 unspecified atom stereocenters. The van der Waals surface area contributed by atoms with E-state index in [2.05, 4.69) is 4.98 Å². The lowest BCUT2D eigenvalue weighted by Gasteiger charge is -2.15. The minimum atomic E-state index is -0.294. The Labute approximate surface area is 112 Å². The monoisotopic (exact) mass is 255 g/mol. The van der Waals surface area contributed by atoms with Gasteiger partial charge in [-0.05, 0) is 37.8 Å². The molecule has 1 aromatic heterocycles. The maximum Gasteiger partial charge on any atom is 0.194 e. The number of rotatable bonds is 5. The summed E-state index contributed by atoms with van der Waals surface area (Å²) >= 11 is 0. The van der Waals surface area contributed by atoms with Gasteiger partial charge in [0.1, 0.15) is 6.10 Å². The van der Waals surface area contributed by atoms with Gasteiger partial charge in [-0.15, -0.1) is 0 Å². The Kier molecular flexibility index (Phi) is 3.30. The molecule has 1 heterocycles. The molecule has 19 heavy (non-hydrogen) atoms. The molecular formula is C16H17NO2. The third-order valence-electron chi connectivity index (χ3n) is 3.55. The van der Waals surface area contributed by atoms with Gasteiger partial charge in [-0.25, -0.2) is 0 Å². The Morgan fingerprint density at radius 2 is 2.16 bits per heavy atom. The normalized spacial score (nSPS) is 16.5. The summed E-state index contributed by atoms with van der Waals surface area (Å²) in [7, 11) is 0. The molecule has 3 nitrogen and oxygen atoms in total. The molecule has 3 rings (SSSR count). The molecule has 0 aliphatic heterocycles. The van der Waals surface area contributed by atoms with Crippen molar-refractivity contribution in [1.29, 1.82) is 0 Å². The highest BCUT2D eigenvalue weighted by Crippen LogP contribution is 2.36. The first-order valence-electron chi connectivity index (χ1n) is 6.81. The van der Waals surface area contributed by atoms with Crippen molar-refractivity contribution >= 4 is 16.7 Å². The van der Waals surface area contributed by atoms with E-state index in [1.54, 1.807) is 6.20 Å². The van der Waals surface area contributed by atoms with Crippen molar-refractivity contribution in [1.82, 2.24) is 4.98 Å². The van der Waals surface area contributed by atoms with Crippen LogP contribution in [0, 0.1) is 5.92 Å². The lowest BCUT2D eigenvalue weighted by Crippen LogP contribution is -2.27. The second kappa shape index (κ2) is 5.10. The third kappa shape index (κ3) is 2.38. The zero-order valence-corrected chi connectivity index (χ0v) is 11.0. The Bertz CT molecular complexity index is 599. The van der Waals surface area contributed by atoms with Gasteiger partial charge in [0.2, 0.25) is 0 Å². The minimum absolute atomic E-state index is 0.0775. The van der Waals surface area contributed by atoms with Crippen LogP contribution in [0.4, 0.5) is 0 Å². The Morgan fingerprint density at radius 1 is 1.37 bits per heavy atom. The van der Waals surface area contributed by atoms with E-state index >= 15 is 0 Å². The van der Waals surface area contributed by atoms with Crippen LogP contribution in [0.1, 0.15) is 30.1 Å². The van der Waals surface area contributed by atoms with Gasteiger partial charge in [-0.2, -0.15) is 0 Å². The van der Waals surface area contributed by atoms with E-state index in [0.29, 0.717) is 18.1 Å². The van der Waals surface area contributed by atoms with Gasteiger partial charge in [0.25, 0.3) is 0 Å². The molecule has 0 spiro atoms. The number of benzene rings is 1. The highest BCUT2D eigenvalue weighted by molar-refractivity contribution is 6.09. The number of hydrogen-bond donors (Lipinski definition) is 0. The second-order valence-electron chi connectivity index (χ2n) is 4.96. The number of nitrogens with zero attached hydrogens (tertiary/aromatic N) is 1. The standard InChI is InChI=1S/C16H17NO2/c1-2-19-16(12-8-9-12)15(18)13-7-3-5-11-6-4-10-17-14(11)13/h3-7,10,12,16H,2,8-9H2,1H3. The van der Waals surface area contributed by atoms with E-state index < -0.39 is 0 Å². The summed E-state index contributed by atoms with van der Waals surface area (Å²) in [6, 6.07) is 9.61. The molecule has 1 aliphatic carbocycles. The van der Waals surface area contributed by atoms with Crippen LogP contribution in [0.25, 0.3) is 10.9 Å². The molecule has 0 bridgehead atoms. The Balaban J connectivity index is 2.00. The summed E-state index contributed by atoms with van der Waals surface area (Å²) in [5.74, 6) is 0.472. The van der Waals surface area contributed by atoms with Crippen LogP contribution < -0.4 is 0 Å². The van der Waals surface area contributed by atoms with Crippen LogP contribution in [0.15, 0.2) is 36.5 Å². The van der Waals surface area contributed by atoms with Gasteiger partial charge >= 0.3 is 0 Å². The van der Waals surface area contributed by atoms with Crippen LogP contribution in [0.3, 0.4) is 0 Å². The number of fused-ring (bicyclic) bond motifs is 1. The average molecular weight is 255 g/mol. The fraction of sp³-hybridized carbons (Fsp3) is 0.375. The molecule has 2 aromatic rings. The van der Waals surface area contributed by atoms with Gasteiger partial charge in [0, 0.05) is 23.8 Å². The number of Topliss-reactive ketones (excluding diaryl/α,β-unsaturated/α-hetero) is 1. The predicted octanol–water partition coefficient (Wildman–Crippen LogP) is 3.23. The molecule has 1 fully saturated rings. The second-order valence-corrected chi connectivity index (χ2v) is 4.96. The molecule has 1 aliphatic rings.